The first-order valence-corrected chi connectivity index (χ1v) is 23.2. The second kappa shape index (κ2) is 13.5. The Kier molecular flexibility index (Phi) is 7.91. The molecular weight excluding hydrogens is 783 g/mol. The molecule has 65 heavy (non-hydrogen) atoms. The van der Waals surface area contributed by atoms with Crippen LogP contribution in [0.1, 0.15) is 73.6 Å². The molecule has 0 heterocycles. The Hall–Kier alpha value is -7.48. The lowest BCUT2D eigenvalue weighted by molar-refractivity contribution is 0.596. The van der Waals surface area contributed by atoms with Crippen molar-refractivity contribution in [2.45, 2.75) is 50.9 Å². The quantitative estimate of drug-likeness (QED) is 0.171. The fourth-order valence-corrected chi connectivity index (χ4v) is 12.4. The van der Waals surface area contributed by atoms with Gasteiger partial charge in [0.25, 0.3) is 0 Å². The van der Waals surface area contributed by atoms with Gasteiger partial charge in [0.05, 0.1) is 16.8 Å². The Morgan fingerprint density at radius 1 is 0.369 bits per heavy atom. The Morgan fingerprint density at radius 3 is 1.51 bits per heavy atom. The summed E-state index contributed by atoms with van der Waals surface area (Å²) in [6.45, 7) is 11.7. The monoisotopic (exact) mass is 831 g/mol. The zero-order valence-corrected chi connectivity index (χ0v) is 37.6. The summed E-state index contributed by atoms with van der Waals surface area (Å²) >= 11 is 0. The van der Waals surface area contributed by atoms with E-state index in [1.165, 1.54) is 105 Å². The predicted molar refractivity (Wildman–Crippen MR) is 274 cm³/mol. The smallest absolute Gasteiger partial charge is 0.0725 e. The van der Waals surface area contributed by atoms with Crippen LogP contribution in [0.15, 0.2) is 206 Å². The lowest BCUT2D eigenvalue weighted by Gasteiger charge is -2.33. The molecule has 0 saturated carbocycles. The van der Waals surface area contributed by atoms with Gasteiger partial charge in [0.1, 0.15) is 0 Å². The van der Waals surface area contributed by atoms with E-state index in [0.717, 1.165) is 17.1 Å². The van der Waals surface area contributed by atoms with Crippen LogP contribution in [-0.4, -0.2) is 0 Å². The summed E-state index contributed by atoms with van der Waals surface area (Å²) in [7, 11) is 0. The summed E-state index contributed by atoms with van der Waals surface area (Å²) in [5, 5.41) is 4.98. The topological polar surface area (TPSA) is 3.24 Å². The molecule has 0 radical (unpaired) electrons. The zero-order chi connectivity index (χ0) is 43.8. The second-order valence-corrected chi connectivity index (χ2v) is 20.0. The van der Waals surface area contributed by atoms with Crippen molar-refractivity contribution in [3.8, 4) is 44.5 Å². The Bertz CT molecular complexity index is 3590. The van der Waals surface area contributed by atoms with Crippen LogP contribution in [0.3, 0.4) is 0 Å². The van der Waals surface area contributed by atoms with Gasteiger partial charge in [0.15, 0.2) is 0 Å². The minimum Gasteiger partial charge on any atom is -0.309 e. The van der Waals surface area contributed by atoms with Crippen LogP contribution in [0.5, 0.6) is 0 Å². The van der Waals surface area contributed by atoms with Crippen molar-refractivity contribution in [2.75, 3.05) is 4.90 Å². The van der Waals surface area contributed by atoms with Crippen molar-refractivity contribution < 1.29 is 0 Å². The number of benzene rings is 10. The molecule has 0 amide bonds. The highest BCUT2D eigenvalue weighted by atomic mass is 15.1. The van der Waals surface area contributed by atoms with Crippen LogP contribution in [0.2, 0.25) is 0 Å². The van der Waals surface area contributed by atoms with Crippen molar-refractivity contribution in [2.24, 2.45) is 0 Å². The Balaban J connectivity index is 1.12. The Morgan fingerprint density at radius 2 is 0.846 bits per heavy atom. The highest BCUT2D eigenvalue weighted by molar-refractivity contribution is 6.10. The average Bonchev–Trinajstić information content (AvgIpc) is 3.89. The number of rotatable bonds is 4. The van der Waals surface area contributed by atoms with E-state index in [0.29, 0.717) is 0 Å². The second-order valence-electron chi connectivity index (χ2n) is 20.0. The van der Waals surface area contributed by atoms with Gasteiger partial charge in [-0.15, -0.1) is 0 Å². The summed E-state index contributed by atoms with van der Waals surface area (Å²) in [4.78, 5) is 2.58. The van der Waals surface area contributed by atoms with Gasteiger partial charge in [-0.1, -0.05) is 211 Å². The predicted octanol–water partition coefficient (Wildman–Crippen LogP) is 17.1. The molecule has 0 saturated heterocycles. The fraction of sp³-hybridized carbons (Fsp3) is 0.125. The van der Waals surface area contributed by atoms with Crippen molar-refractivity contribution in [1.29, 1.82) is 0 Å². The van der Waals surface area contributed by atoms with Gasteiger partial charge in [0, 0.05) is 22.1 Å². The number of nitrogens with zero attached hydrogens (tertiary/aromatic N) is 1. The van der Waals surface area contributed by atoms with E-state index >= 15 is 0 Å². The molecule has 310 valence electrons. The van der Waals surface area contributed by atoms with E-state index in [4.69, 9.17) is 0 Å². The standard InChI is InChI=1S/C64H49N/c1-62(2,3)52-35-37-59(49-25-9-8-22-46(49)52)65(60-36-31-40-18-6-7-19-43(40)61(60)41-30-33-54-50(38-41)47-23-10-14-26-53(47)63(54,4)5)42-32-34-58-51(39-42)48-24-13-17-29-57(48)64(58)55-27-15-11-20-44(55)45-21-12-16-28-56(45)64/h6-39H,1-5H3. The third-order valence-corrected chi connectivity index (χ3v) is 15.2. The summed E-state index contributed by atoms with van der Waals surface area (Å²) in [6.07, 6.45) is 0. The third-order valence-electron chi connectivity index (χ3n) is 15.2. The third kappa shape index (κ3) is 5.16. The first kappa shape index (κ1) is 38.0. The molecule has 0 aromatic heterocycles. The molecule has 13 rings (SSSR count). The normalized spacial score (nSPS) is 14.5. The van der Waals surface area contributed by atoms with Crippen molar-refractivity contribution >= 4 is 38.6 Å². The summed E-state index contributed by atoms with van der Waals surface area (Å²) in [5.41, 5.74) is 22.8. The molecule has 0 atom stereocenters. The van der Waals surface area contributed by atoms with Gasteiger partial charge in [-0.2, -0.15) is 0 Å². The molecule has 1 heteroatoms. The van der Waals surface area contributed by atoms with E-state index in [1.54, 1.807) is 0 Å². The zero-order valence-electron chi connectivity index (χ0n) is 37.6. The van der Waals surface area contributed by atoms with Gasteiger partial charge < -0.3 is 4.90 Å². The number of anilines is 3. The fourth-order valence-electron chi connectivity index (χ4n) is 12.4. The molecular formula is C64H49N. The number of hydrogen-bond acceptors (Lipinski definition) is 1. The Labute approximate surface area is 382 Å². The van der Waals surface area contributed by atoms with Crippen molar-refractivity contribution in [3.63, 3.8) is 0 Å². The molecule has 1 nitrogen and oxygen atoms in total. The van der Waals surface area contributed by atoms with Crippen LogP contribution in [0.4, 0.5) is 17.1 Å². The lowest BCUT2D eigenvalue weighted by Crippen LogP contribution is -2.25. The molecule has 0 fully saturated rings. The van der Waals surface area contributed by atoms with Gasteiger partial charge in [-0.25, -0.2) is 0 Å². The van der Waals surface area contributed by atoms with Gasteiger partial charge >= 0.3 is 0 Å². The van der Waals surface area contributed by atoms with Crippen molar-refractivity contribution in [3.05, 3.63) is 245 Å². The maximum atomic E-state index is 2.58. The van der Waals surface area contributed by atoms with Gasteiger partial charge in [0.2, 0.25) is 0 Å². The molecule has 1 spiro atoms. The number of hydrogen-bond donors (Lipinski definition) is 0. The van der Waals surface area contributed by atoms with Crippen molar-refractivity contribution in [1.82, 2.24) is 0 Å². The van der Waals surface area contributed by atoms with E-state index in [9.17, 15) is 0 Å². The highest BCUT2D eigenvalue weighted by Crippen LogP contribution is 2.63. The van der Waals surface area contributed by atoms with Crippen LogP contribution >= 0.6 is 0 Å². The first-order chi connectivity index (χ1) is 31.7. The molecule has 0 unspecified atom stereocenters. The summed E-state index contributed by atoms with van der Waals surface area (Å²) in [6, 6.07) is 78.4. The van der Waals surface area contributed by atoms with Gasteiger partial charge in [-0.3, -0.25) is 0 Å². The van der Waals surface area contributed by atoms with Crippen LogP contribution < -0.4 is 4.90 Å². The maximum Gasteiger partial charge on any atom is 0.0725 e. The lowest BCUT2D eigenvalue weighted by atomic mass is 9.70. The van der Waals surface area contributed by atoms with Crippen LogP contribution in [0, 0.1) is 0 Å². The van der Waals surface area contributed by atoms with E-state index in [1.807, 2.05) is 0 Å². The molecule has 3 aliphatic rings. The summed E-state index contributed by atoms with van der Waals surface area (Å²) in [5.74, 6) is 0. The maximum absolute atomic E-state index is 2.58. The minimum atomic E-state index is -0.411. The highest BCUT2D eigenvalue weighted by Gasteiger charge is 2.51. The first-order valence-electron chi connectivity index (χ1n) is 23.2. The molecule has 0 bridgehead atoms. The number of fused-ring (bicyclic) bond motifs is 15. The molecule has 3 aliphatic carbocycles. The molecule has 0 N–H and O–H groups in total. The minimum absolute atomic E-state index is 0.0367. The SMILES string of the molecule is CC(C)(C)c1ccc(N(c2ccc3c(c2)-c2ccccc2C32c3ccccc3-c3ccccc32)c2ccc3ccccc3c2-c2ccc3c(c2)-c2ccccc2C3(C)C)c2ccccc12. The van der Waals surface area contributed by atoms with Crippen LogP contribution in [-0.2, 0) is 16.2 Å². The van der Waals surface area contributed by atoms with Gasteiger partial charge in [-0.05, 0) is 130 Å². The summed E-state index contributed by atoms with van der Waals surface area (Å²) < 4.78 is 0. The van der Waals surface area contributed by atoms with Crippen LogP contribution in [0.25, 0.3) is 66.1 Å². The molecule has 10 aromatic rings. The molecule has 10 aromatic carbocycles. The largest absolute Gasteiger partial charge is 0.309 e. The molecule has 0 aliphatic heterocycles. The van der Waals surface area contributed by atoms with E-state index in [-0.39, 0.29) is 10.8 Å². The van der Waals surface area contributed by atoms with E-state index in [2.05, 4.69) is 246 Å². The van der Waals surface area contributed by atoms with E-state index < -0.39 is 5.41 Å². The average molecular weight is 832 g/mol.